The maximum absolute atomic E-state index is 12.5. The molecule has 9 heteroatoms. The van der Waals surface area contributed by atoms with Crippen molar-refractivity contribution in [1.29, 1.82) is 0 Å². The van der Waals surface area contributed by atoms with Gasteiger partial charge in [0.25, 0.3) is 5.91 Å². The minimum absolute atomic E-state index is 0.168. The van der Waals surface area contributed by atoms with Gasteiger partial charge in [-0.05, 0) is 37.3 Å². The molecule has 0 bridgehead atoms. The Kier molecular flexibility index (Phi) is 6.16. The quantitative estimate of drug-likeness (QED) is 0.729. The predicted octanol–water partition coefficient (Wildman–Crippen LogP) is 3.96. The van der Waals surface area contributed by atoms with Crippen molar-refractivity contribution in [3.05, 3.63) is 45.9 Å². The normalized spacial score (nSPS) is 13.4. The van der Waals surface area contributed by atoms with Gasteiger partial charge in [-0.2, -0.15) is 0 Å². The average Bonchev–Trinajstić information content (AvgIpc) is 2.69. The molecule has 28 heavy (non-hydrogen) atoms. The zero-order chi connectivity index (χ0) is 20.3. The Morgan fingerprint density at radius 1 is 1.14 bits per heavy atom. The third-order valence-electron chi connectivity index (χ3n) is 3.90. The van der Waals surface area contributed by atoms with Crippen LogP contribution in [-0.4, -0.2) is 38.3 Å². The van der Waals surface area contributed by atoms with E-state index >= 15 is 0 Å². The van der Waals surface area contributed by atoms with Crippen LogP contribution in [0, 0.1) is 0 Å². The Balaban J connectivity index is 1.71. The number of methoxy groups -OCH3 is 1. The van der Waals surface area contributed by atoms with Crippen LogP contribution in [0.3, 0.4) is 0 Å². The molecular formula is C19H17Cl2NO6. The Bertz CT molecular complexity index is 900. The smallest absolute Gasteiger partial charge is 0.339 e. The number of ether oxygens (including phenoxy) is 4. The first kappa shape index (κ1) is 20.1. The van der Waals surface area contributed by atoms with Crippen molar-refractivity contribution in [3.63, 3.8) is 0 Å². The summed E-state index contributed by atoms with van der Waals surface area (Å²) in [6.45, 7) is 2.19. The molecule has 148 valence electrons. The number of halogens is 2. The van der Waals surface area contributed by atoms with E-state index in [2.05, 4.69) is 5.32 Å². The molecule has 0 saturated carbocycles. The van der Waals surface area contributed by atoms with Gasteiger partial charge in [-0.1, -0.05) is 23.2 Å². The van der Waals surface area contributed by atoms with Crippen LogP contribution in [0.4, 0.5) is 5.69 Å². The largest absolute Gasteiger partial charge is 0.493 e. The maximum atomic E-state index is 12.5. The third-order valence-corrected chi connectivity index (χ3v) is 4.47. The fourth-order valence-electron chi connectivity index (χ4n) is 2.50. The van der Waals surface area contributed by atoms with Crippen molar-refractivity contribution < 1.29 is 28.5 Å². The van der Waals surface area contributed by atoms with Crippen LogP contribution in [0.15, 0.2) is 30.3 Å². The summed E-state index contributed by atoms with van der Waals surface area (Å²) in [6, 6.07) is 7.60. The van der Waals surface area contributed by atoms with Crippen molar-refractivity contribution in [2.75, 3.05) is 25.6 Å². The number of benzene rings is 2. The van der Waals surface area contributed by atoms with E-state index in [1.807, 2.05) is 0 Å². The molecule has 0 aliphatic carbocycles. The molecule has 1 amide bonds. The minimum atomic E-state index is -1.08. The van der Waals surface area contributed by atoms with E-state index in [0.29, 0.717) is 46.2 Å². The lowest BCUT2D eigenvalue weighted by Crippen LogP contribution is -2.30. The number of anilines is 1. The van der Waals surface area contributed by atoms with Gasteiger partial charge in [0.2, 0.25) is 5.75 Å². The molecule has 1 unspecified atom stereocenters. The molecule has 2 aromatic carbocycles. The van der Waals surface area contributed by atoms with Gasteiger partial charge in [0, 0.05) is 5.02 Å². The number of carbonyl (C=O) groups is 2. The second-order valence-electron chi connectivity index (χ2n) is 5.86. The van der Waals surface area contributed by atoms with Crippen LogP contribution in [0.1, 0.15) is 17.3 Å². The Hall–Kier alpha value is -2.64. The molecule has 0 aromatic heterocycles. The van der Waals surface area contributed by atoms with E-state index < -0.39 is 18.0 Å². The number of rotatable bonds is 5. The summed E-state index contributed by atoms with van der Waals surface area (Å²) in [6.07, 6.45) is -1.08. The summed E-state index contributed by atoms with van der Waals surface area (Å²) in [7, 11) is 1.45. The first-order chi connectivity index (χ1) is 13.4. The van der Waals surface area contributed by atoms with E-state index in [1.165, 1.54) is 32.2 Å². The molecule has 1 aliphatic rings. The van der Waals surface area contributed by atoms with E-state index in [4.69, 9.17) is 42.1 Å². The molecule has 2 aromatic rings. The van der Waals surface area contributed by atoms with E-state index in [9.17, 15) is 9.59 Å². The van der Waals surface area contributed by atoms with Gasteiger partial charge >= 0.3 is 5.97 Å². The standard InChI is InChI=1S/C19H17Cl2NO6/c1-10(18(23)22-14-9-12(20)3-4-13(14)21)28-19(24)11-7-15(25-2)17-16(8-11)26-5-6-27-17/h3-4,7-10H,5-6H2,1-2H3,(H,22,23). The Morgan fingerprint density at radius 2 is 1.89 bits per heavy atom. The summed E-state index contributed by atoms with van der Waals surface area (Å²) >= 11 is 11.9. The van der Waals surface area contributed by atoms with Crippen molar-refractivity contribution in [3.8, 4) is 17.2 Å². The number of fused-ring (bicyclic) bond motifs is 1. The summed E-state index contributed by atoms with van der Waals surface area (Å²) in [5.41, 5.74) is 0.490. The molecular weight excluding hydrogens is 409 g/mol. The molecule has 0 radical (unpaired) electrons. The first-order valence-corrected chi connectivity index (χ1v) is 9.09. The van der Waals surface area contributed by atoms with Gasteiger partial charge < -0.3 is 24.3 Å². The predicted molar refractivity (Wildman–Crippen MR) is 104 cm³/mol. The molecule has 1 atom stereocenters. The highest BCUT2D eigenvalue weighted by Crippen LogP contribution is 2.40. The SMILES string of the molecule is COc1cc(C(=O)OC(C)C(=O)Nc2cc(Cl)ccc2Cl)cc2c1OCCO2. The van der Waals surface area contributed by atoms with Crippen LogP contribution in [0.25, 0.3) is 0 Å². The van der Waals surface area contributed by atoms with Crippen LogP contribution >= 0.6 is 23.2 Å². The van der Waals surface area contributed by atoms with Crippen molar-refractivity contribution in [1.82, 2.24) is 0 Å². The zero-order valence-electron chi connectivity index (χ0n) is 15.1. The second-order valence-corrected chi connectivity index (χ2v) is 6.71. The Labute approximate surface area is 171 Å². The van der Waals surface area contributed by atoms with Crippen molar-refractivity contribution >= 4 is 40.8 Å². The lowest BCUT2D eigenvalue weighted by atomic mass is 10.1. The molecule has 7 nitrogen and oxygen atoms in total. The van der Waals surface area contributed by atoms with E-state index in [-0.39, 0.29) is 5.56 Å². The monoisotopic (exact) mass is 425 g/mol. The number of esters is 1. The van der Waals surface area contributed by atoms with Gasteiger partial charge in [-0.25, -0.2) is 4.79 Å². The van der Waals surface area contributed by atoms with E-state index in [1.54, 1.807) is 12.1 Å². The fraction of sp³-hybridized carbons (Fsp3) is 0.263. The van der Waals surface area contributed by atoms with Gasteiger partial charge in [0.15, 0.2) is 17.6 Å². The average molecular weight is 426 g/mol. The third kappa shape index (κ3) is 4.43. The maximum Gasteiger partial charge on any atom is 0.339 e. The summed E-state index contributed by atoms with van der Waals surface area (Å²) in [4.78, 5) is 24.8. The highest BCUT2D eigenvalue weighted by molar-refractivity contribution is 6.35. The van der Waals surface area contributed by atoms with Crippen molar-refractivity contribution in [2.24, 2.45) is 0 Å². The van der Waals surface area contributed by atoms with Gasteiger partial charge in [0.1, 0.15) is 13.2 Å². The highest BCUT2D eigenvalue weighted by atomic mass is 35.5. The number of carbonyl (C=O) groups excluding carboxylic acids is 2. The molecule has 0 saturated heterocycles. The second kappa shape index (κ2) is 8.58. The molecule has 0 fully saturated rings. The van der Waals surface area contributed by atoms with Crippen LogP contribution in [0.2, 0.25) is 10.0 Å². The zero-order valence-corrected chi connectivity index (χ0v) is 16.6. The van der Waals surface area contributed by atoms with Crippen LogP contribution < -0.4 is 19.5 Å². The van der Waals surface area contributed by atoms with Gasteiger partial charge in [0.05, 0.1) is 23.4 Å². The molecule has 3 rings (SSSR count). The lowest BCUT2D eigenvalue weighted by molar-refractivity contribution is -0.123. The number of amides is 1. The Morgan fingerprint density at radius 3 is 2.64 bits per heavy atom. The van der Waals surface area contributed by atoms with Crippen LogP contribution in [-0.2, 0) is 9.53 Å². The first-order valence-electron chi connectivity index (χ1n) is 8.33. The minimum Gasteiger partial charge on any atom is -0.493 e. The number of hydrogen-bond donors (Lipinski definition) is 1. The lowest BCUT2D eigenvalue weighted by Gasteiger charge is -2.21. The molecule has 1 heterocycles. The summed E-state index contributed by atoms with van der Waals surface area (Å²) in [5, 5.41) is 3.30. The molecule has 0 spiro atoms. The van der Waals surface area contributed by atoms with Crippen LogP contribution in [0.5, 0.6) is 17.2 Å². The summed E-state index contributed by atoms with van der Waals surface area (Å²) < 4.78 is 21.5. The molecule has 1 N–H and O–H groups in total. The van der Waals surface area contributed by atoms with E-state index in [0.717, 1.165) is 0 Å². The van der Waals surface area contributed by atoms with Crippen molar-refractivity contribution in [2.45, 2.75) is 13.0 Å². The highest BCUT2D eigenvalue weighted by Gasteiger charge is 2.24. The van der Waals surface area contributed by atoms with Gasteiger partial charge in [-0.3, -0.25) is 4.79 Å². The van der Waals surface area contributed by atoms with Gasteiger partial charge in [-0.15, -0.1) is 0 Å². The number of nitrogens with one attached hydrogen (secondary N) is 1. The number of hydrogen-bond acceptors (Lipinski definition) is 6. The fourth-order valence-corrected chi connectivity index (χ4v) is 2.84. The summed E-state index contributed by atoms with van der Waals surface area (Å²) in [5.74, 6) is -0.129. The molecule has 1 aliphatic heterocycles. The topological polar surface area (TPSA) is 83.1 Å².